The molecule has 0 bridgehead atoms. The predicted molar refractivity (Wildman–Crippen MR) is 74.1 cm³/mol. The molecule has 0 saturated heterocycles. The summed E-state index contributed by atoms with van der Waals surface area (Å²) in [6.45, 7) is 0.391. The number of rotatable bonds is 3. The van der Waals surface area contributed by atoms with E-state index in [2.05, 4.69) is 29.5 Å². The van der Waals surface area contributed by atoms with Crippen molar-refractivity contribution in [2.75, 3.05) is 5.32 Å². The van der Waals surface area contributed by atoms with Crippen molar-refractivity contribution in [2.45, 2.75) is 6.54 Å². The molecule has 1 aromatic carbocycles. The van der Waals surface area contributed by atoms with Gasteiger partial charge in [-0.15, -0.1) is 10.2 Å². The Morgan fingerprint density at radius 1 is 1.26 bits per heavy atom. The van der Waals surface area contributed by atoms with Gasteiger partial charge < -0.3 is 5.32 Å². The van der Waals surface area contributed by atoms with Gasteiger partial charge in [0.2, 0.25) is 0 Å². The third-order valence-corrected chi connectivity index (χ3v) is 3.53. The lowest BCUT2D eigenvalue weighted by atomic mass is 10.2. The SMILES string of the molecule is Cn1nnc(CNc2c(Cl)cc(Cl)c3c2N=S=N3)n1. The molecule has 0 spiro atoms. The van der Waals surface area contributed by atoms with E-state index in [1.807, 2.05) is 0 Å². The number of nitrogens with one attached hydrogen (secondary N) is 1. The second-order valence-electron chi connectivity index (χ2n) is 3.73. The topological polar surface area (TPSA) is 80.4 Å². The van der Waals surface area contributed by atoms with Crippen LogP contribution in [0.2, 0.25) is 10.0 Å². The smallest absolute Gasteiger partial charge is 0.193 e. The Bertz CT molecular complexity index is 720. The van der Waals surface area contributed by atoms with E-state index in [9.17, 15) is 0 Å². The molecule has 19 heavy (non-hydrogen) atoms. The molecular formula is C9H7Cl2N7S. The maximum Gasteiger partial charge on any atom is 0.193 e. The van der Waals surface area contributed by atoms with Crippen molar-refractivity contribution < 1.29 is 0 Å². The first-order chi connectivity index (χ1) is 9.15. The third-order valence-electron chi connectivity index (χ3n) is 2.42. The molecule has 1 aliphatic heterocycles. The first kappa shape index (κ1) is 12.5. The zero-order valence-electron chi connectivity index (χ0n) is 9.63. The molecule has 0 saturated carbocycles. The maximum absolute atomic E-state index is 6.17. The van der Waals surface area contributed by atoms with Crippen LogP contribution in [0, 0.1) is 0 Å². The largest absolute Gasteiger partial charge is 0.375 e. The lowest BCUT2D eigenvalue weighted by Crippen LogP contribution is -2.03. The molecular weight excluding hydrogens is 309 g/mol. The Balaban J connectivity index is 1.90. The van der Waals surface area contributed by atoms with Gasteiger partial charge in [0.1, 0.15) is 11.4 Å². The zero-order chi connectivity index (χ0) is 13.4. The van der Waals surface area contributed by atoms with Crippen LogP contribution in [-0.4, -0.2) is 20.2 Å². The van der Waals surface area contributed by atoms with Crippen LogP contribution in [0.25, 0.3) is 0 Å². The van der Waals surface area contributed by atoms with Crippen LogP contribution in [0.1, 0.15) is 5.82 Å². The summed E-state index contributed by atoms with van der Waals surface area (Å²) in [5.41, 5.74) is 1.94. The molecule has 0 fully saturated rings. The van der Waals surface area contributed by atoms with E-state index in [0.29, 0.717) is 39.5 Å². The fourth-order valence-electron chi connectivity index (χ4n) is 1.60. The number of hydrogen-bond donors (Lipinski definition) is 1. The second-order valence-corrected chi connectivity index (χ2v) is 5.07. The van der Waals surface area contributed by atoms with Gasteiger partial charge >= 0.3 is 0 Å². The summed E-state index contributed by atoms with van der Waals surface area (Å²) in [5.74, 6) is 0.560. The van der Waals surface area contributed by atoms with Crippen molar-refractivity contribution in [3.63, 3.8) is 0 Å². The normalized spacial score (nSPS) is 12.4. The Morgan fingerprint density at radius 3 is 2.79 bits per heavy atom. The van der Waals surface area contributed by atoms with Gasteiger partial charge in [-0.3, -0.25) is 0 Å². The van der Waals surface area contributed by atoms with E-state index in [0.717, 1.165) is 11.4 Å². The van der Waals surface area contributed by atoms with Crippen LogP contribution in [0.4, 0.5) is 17.1 Å². The summed E-state index contributed by atoms with van der Waals surface area (Å²) < 4.78 is 8.33. The second kappa shape index (κ2) is 4.87. The van der Waals surface area contributed by atoms with Gasteiger partial charge in [-0.2, -0.15) is 13.5 Å². The van der Waals surface area contributed by atoms with Crippen LogP contribution in [0.3, 0.4) is 0 Å². The van der Waals surface area contributed by atoms with Crippen molar-refractivity contribution in [3.8, 4) is 0 Å². The van der Waals surface area contributed by atoms with Crippen LogP contribution in [-0.2, 0) is 24.9 Å². The van der Waals surface area contributed by atoms with Crippen molar-refractivity contribution >= 4 is 51.6 Å². The molecule has 10 heteroatoms. The van der Waals surface area contributed by atoms with Gasteiger partial charge in [-0.25, -0.2) is 0 Å². The molecule has 0 radical (unpaired) electrons. The molecule has 3 rings (SSSR count). The van der Waals surface area contributed by atoms with Crippen molar-refractivity contribution in [3.05, 3.63) is 21.9 Å². The average Bonchev–Trinajstić information content (AvgIpc) is 2.98. The number of fused-ring (bicyclic) bond motifs is 1. The summed E-state index contributed by atoms with van der Waals surface area (Å²) in [5, 5.41) is 15.8. The quantitative estimate of drug-likeness (QED) is 0.805. The third kappa shape index (κ3) is 2.34. The summed E-state index contributed by atoms with van der Waals surface area (Å²) in [7, 11) is 1.70. The molecule has 1 N–H and O–H groups in total. The highest BCUT2D eigenvalue weighted by Crippen LogP contribution is 2.47. The highest BCUT2D eigenvalue weighted by atomic mass is 35.5. The molecule has 2 aromatic rings. The highest BCUT2D eigenvalue weighted by Gasteiger charge is 2.18. The molecule has 0 unspecified atom stereocenters. The van der Waals surface area contributed by atoms with Crippen LogP contribution >= 0.6 is 23.2 Å². The van der Waals surface area contributed by atoms with Crippen molar-refractivity contribution in [1.82, 2.24) is 20.2 Å². The molecule has 1 aromatic heterocycles. The van der Waals surface area contributed by atoms with E-state index in [1.54, 1.807) is 13.1 Å². The van der Waals surface area contributed by atoms with Gasteiger partial charge in [-0.05, 0) is 11.3 Å². The Morgan fingerprint density at radius 2 is 2.05 bits per heavy atom. The molecule has 0 aliphatic carbocycles. The van der Waals surface area contributed by atoms with E-state index in [-0.39, 0.29) is 0 Å². The monoisotopic (exact) mass is 315 g/mol. The lowest BCUT2D eigenvalue weighted by Gasteiger charge is -2.10. The number of halogens is 2. The summed E-state index contributed by atoms with van der Waals surface area (Å²) in [6, 6.07) is 1.64. The minimum atomic E-state index is 0.391. The van der Waals surface area contributed by atoms with Crippen LogP contribution in [0.15, 0.2) is 14.8 Å². The first-order valence-electron chi connectivity index (χ1n) is 5.22. The zero-order valence-corrected chi connectivity index (χ0v) is 12.0. The molecule has 0 amide bonds. The number of anilines is 1. The predicted octanol–water partition coefficient (Wildman–Crippen LogP) is 2.86. The Hall–Kier alpha value is -1.51. The number of nitrogens with zero attached hydrogens (tertiary/aromatic N) is 6. The summed E-state index contributed by atoms with van der Waals surface area (Å²) >= 11 is 13.3. The summed E-state index contributed by atoms with van der Waals surface area (Å²) in [4.78, 5) is 1.39. The number of aromatic nitrogens is 4. The Labute approximate surface area is 121 Å². The molecule has 98 valence electrons. The minimum Gasteiger partial charge on any atom is -0.375 e. The Kier molecular flexibility index (Phi) is 3.21. The minimum absolute atomic E-state index is 0.391. The molecule has 1 aliphatic rings. The van der Waals surface area contributed by atoms with E-state index >= 15 is 0 Å². The van der Waals surface area contributed by atoms with Crippen molar-refractivity contribution in [2.24, 2.45) is 15.8 Å². The van der Waals surface area contributed by atoms with E-state index in [1.165, 1.54) is 4.80 Å². The van der Waals surface area contributed by atoms with Gasteiger partial charge in [0.25, 0.3) is 0 Å². The standard InChI is InChI=1S/C9H7Cl2N7S/c1-18-14-6(13-17-18)3-12-7-4(10)2-5(11)8-9(7)16-19-15-8/h2,12H,3H2,1H3. The molecule has 2 heterocycles. The number of hydrogen-bond acceptors (Lipinski definition) is 6. The van der Waals surface area contributed by atoms with Gasteiger partial charge in [-0.1, -0.05) is 23.2 Å². The van der Waals surface area contributed by atoms with Crippen LogP contribution in [0.5, 0.6) is 0 Å². The van der Waals surface area contributed by atoms with Crippen LogP contribution < -0.4 is 5.32 Å². The summed E-state index contributed by atoms with van der Waals surface area (Å²) in [6.07, 6.45) is 0. The van der Waals surface area contributed by atoms with Gasteiger partial charge in [0, 0.05) is 0 Å². The lowest BCUT2D eigenvalue weighted by molar-refractivity contribution is 0.628. The van der Waals surface area contributed by atoms with E-state index < -0.39 is 0 Å². The fraction of sp³-hybridized carbons (Fsp3) is 0.222. The molecule has 7 nitrogen and oxygen atoms in total. The number of benzene rings is 1. The van der Waals surface area contributed by atoms with Crippen molar-refractivity contribution in [1.29, 1.82) is 0 Å². The van der Waals surface area contributed by atoms with Gasteiger partial charge in [0.05, 0.1) is 40.7 Å². The molecule has 0 atom stereocenters. The number of aryl methyl sites for hydroxylation is 1. The highest BCUT2D eigenvalue weighted by molar-refractivity contribution is 7.58. The number of tetrazole rings is 1. The fourth-order valence-corrected chi connectivity index (χ4v) is 2.78. The maximum atomic E-state index is 6.17. The van der Waals surface area contributed by atoms with Gasteiger partial charge in [0.15, 0.2) is 5.82 Å². The average molecular weight is 316 g/mol. The first-order valence-corrected chi connectivity index (χ1v) is 6.71. The van der Waals surface area contributed by atoms with E-state index in [4.69, 9.17) is 23.2 Å².